The minimum atomic E-state index is 0.727. The molecule has 0 atom stereocenters. The van der Waals surface area contributed by atoms with Crippen molar-refractivity contribution in [3.63, 3.8) is 0 Å². The van der Waals surface area contributed by atoms with E-state index >= 15 is 0 Å². The maximum absolute atomic E-state index is 6.02. The maximum Gasteiger partial charge on any atom is 0.141 e. The number of aromatic nitrogens is 2. The summed E-state index contributed by atoms with van der Waals surface area (Å²) in [5, 5.41) is 0. The molecule has 0 bridgehead atoms. The SMILES string of the molecule is Cc1cccc(OCCCCn2c(-c3ccc(Br)cc3)nc3ccccc32)c1C. The van der Waals surface area contributed by atoms with Crippen molar-refractivity contribution in [1.82, 2.24) is 9.55 Å². The first kappa shape index (κ1) is 19.7. The van der Waals surface area contributed by atoms with E-state index < -0.39 is 0 Å². The molecule has 0 unspecified atom stereocenters. The molecule has 0 amide bonds. The van der Waals surface area contributed by atoms with Crippen LogP contribution in [0.3, 0.4) is 0 Å². The molecule has 0 saturated carbocycles. The topological polar surface area (TPSA) is 27.1 Å². The maximum atomic E-state index is 6.02. The van der Waals surface area contributed by atoms with E-state index in [1.165, 1.54) is 16.6 Å². The monoisotopic (exact) mass is 448 g/mol. The van der Waals surface area contributed by atoms with E-state index in [4.69, 9.17) is 9.72 Å². The number of nitrogens with zero attached hydrogens (tertiary/aromatic N) is 2. The average molecular weight is 449 g/mol. The first-order valence-corrected chi connectivity index (χ1v) is 10.8. The Hall–Kier alpha value is -2.59. The number of unbranched alkanes of at least 4 members (excludes halogenated alkanes) is 1. The van der Waals surface area contributed by atoms with Crippen LogP contribution in [0.5, 0.6) is 5.75 Å². The van der Waals surface area contributed by atoms with Gasteiger partial charge in [-0.05, 0) is 68.1 Å². The van der Waals surface area contributed by atoms with Crippen LogP contribution < -0.4 is 4.74 Å². The van der Waals surface area contributed by atoms with Crippen LogP contribution in [0.1, 0.15) is 24.0 Å². The zero-order valence-corrected chi connectivity index (χ0v) is 18.4. The Morgan fingerprint density at radius 1 is 0.897 bits per heavy atom. The smallest absolute Gasteiger partial charge is 0.141 e. The molecule has 0 spiro atoms. The summed E-state index contributed by atoms with van der Waals surface area (Å²) in [6, 6.07) is 23.0. The van der Waals surface area contributed by atoms with Gasteiger partial charge in [-0.3, -0.25) is 0 Å². The summed E-state index contributed by atoms with van der Waals surface area (Å²) in [6.07, 6.45) is 2.04. The van der Waals surface area contributed by atoms with Gasteiger partial charge in [0.25, 0.3) is 0 Å². The highest BCUT2D eigenvalue weighted by Crippen LogP contribution is 2.27. The van der Waals surface area contributed by atoms with E-state index in [0.717, 1.165) is 53.1 Å². The molecule has 0 fully saturated rings. The third-order valence-corrected chi connectivity index (χ3v) is 5.87. The molecule has 0 aliphatic rings. The summed E-state index contributed by atoms with van der Waals surface area (Å²) >= 11 is 3.52. The van der Waals surface area contributed by atoms with Gasteiger partial charge in [-0.2, -0.15) is 0 Å². The first-order chi connectivity index (χ1) is 14.1. The lowest BCUT2D eigenvalue weighted by molar-refractivity contribution is 0.301. The van der Waals surface area contributed by atoms with Gasteiger partial charge in [0.05, 0.1) is 17.6 Å². The lowest BCUT2D eigenvalue weighted by Crippen LogP contribution is -2.04. The number of rotatable bonds is 7. The second kappa shape index (κ2) is 8.83. The number of hydrogen-bond acceptors (Lipinski definition) is 2. The van der Waals surface area contributed by atoms with Gasteiger partial charge < -0.3 is 9.30 Å². The number of para-hydroxylation sites is 2. The summed E-state index contributed by atoms with van der Waals surface area (Å²) < 4.78 is 9.43. The lowest BCUT2D eigenvalue weighted by Gasteiger charge is -2.12. The summed E-state index contributed by atoms with van der Waals surface area (Å²) in [5.74, 6) is 2.02. The van der Waals surface area contributed by atoms with Gasteiger partial charge in [-0.15, -0.1) is 0 Å². The fourth-order valence-corrected chi connectivity index (χ4v) is 3.82. The third-order valence-electron chi connectivity index (χ3n) is 5.35. The van der Waals surface area contributed by atoms with Crippen molar-refractivity contribution in [3.8, 4) is 17.1 Å². The molecule has 4 aromatic rings. The van der Waals surface area contributed by atoms with Gasteiger partial charge >= 0.3 is 0 Å². The van der Waals surface area contributed by atoms with E-state index in [0.29, 0.717) is 0 Å². The normalized spacial score (nSPS) is 11.1. The second-order valence-corrected chi connectivity index (χ2v) is 8.25. The van der Waals surface area contributed by atoms with Crippen LogP contribution in [0.15, 0.2) is 71.2 Å². The zero-order chi connectivity index (χ0) is 20.2. The Morgan fingerprint density at radius 2 is 1.69 bits per heavy atom. The van der Waals surface area contributed by atoms with Gasteiger partial charge in [0.2, 0.25) is 0 Å². The number of halogens is 1. The predicted molar refractivity (Wildman–Crippen MR) is 124 cm³/mol. The minimum absolute atomic E-state index is 0.727. The highest BCUT2D eigenvalue weighted by Gasteiger charge is 2.12. The molecule has 148 valence electrons. The Bertz CT molecular complexity index is 1120. The van der Waals surface area contributed by atoms with E-state index in [1.54, 1.807) is 0 Å². The molecule has 0 N–H and O–H groups in total. The number of fused-ring (bicyclic) bond motifs is 1. The molecular weight excluding hydrogens is 424 g/mol. The number of imidazole rings is 1. The molecule has 4 heteroatoms. The Balaban J connectivity index is 1.46. The third kappa shape index (κ3) is 4.38. The molecule has 29 heavy (non-hydrogen) atoms. The van der Waals surface area contributed by atoms with Crippen LogP contribution in [-0.4, -0.2) is 16.2 Å². The number of ether oxygens (including phenoxy) is 1. The van der Waals surface area contributed by atoms with Crippen molar-refractivity contribution in [2.75, 3.05) is 6.61 Å². The largest absolute Gasteiger partial charge is 0.493 e. The quantitative estimate of drug-likeness (QED) is 0.286. The van der Waals surface area contributed by atoms with Crippen molar-refractivity contribution in [2.45, 2.75) is 33.2 Å². The van der Waals surface area contributed by atoms with Crippen LogP contribution in [0, 0.1) is 13.8 Å². The molecule has 3 nitrogen and oxygen atoms in total. The van der Waals surface area contributed by atoms with E-state index in [1.807, 2.05) is 6.07 Å². The molecule has 3 aromatic carbocycles. The lowest BCUT2D eigenvalue weighted by atomic mass is 10.1. The second-order valence-electron chi connectivity index (χ2n) is 7.34. The van der Waals surface area contributed by atoms with Crippen molar-refractivity contribution in [2.24, 2.45) is 0 Å². The Kier molecular flexibility index (Phi) is 6.00. The van der Waals surface area contributed by atoms with Gasteiger partial charge in [0.1, 0.15) is 11.6 Å². The highest BCUT2D eigenvalue weighted by molar-refractivity contribution is 9.10. The fourth-order valence-electron chi connectivity index (χ4n) is 3.56. The van der Waals surface area contributed by atoms with Crippen LogP contribution >= 0.6 is 15.9 Å². The van der Waals surface area contributed by atoms with Gasteiger partial charge in [0, 0.05) is 16.6 Å². The van der Waals surface area contributed by atoms with Gasteiger partial charge in [-0.25, -0.2) is 4.98 Å². The molecule has 4 rings (SSSR count). The van der Waals surface area contributed by atoms with Crippen LogP contribution in [0.25, 0.3) is 22.4 Å². The van der Waals surface area contributed by atoms with Gasteiger partial charge in [-0.1, -0.05) is 52.3 Å². The summed E-state index contributed by atoms with van der Waals surface area (Å²) in [6.45, 7) is 5.88. The van der Waals surface area contributed by atoms with Gasteiger partial charge in [0.15, 0.2) is 0 Å². The van der Waals surface area contributed by atoms with E-state index in [2.05, 4.69) is 95.0 Å². The van der Waals surface area contributed by atoms with E-state index in [-0.39, 0.29) is 0 Å². The molecule has 1 heterocycles. The average Bonchev–Trinajstić information content (AvgIpc) is 3.10. The number of aryl methyl sites for hydroxylation is 2. The van der Waals surface area contributed by atoms with Crippen molar-refractivity contribution in [1.29, 1.82) is 0 Å². The van der Waals surface area contributed by atoms with Crippen LogP contribution in [-0.2, 0) is 6.54 Å². The standard InChI is InChI=1S/C25H25BrN2O/c1-18-8-7-11-24(19(18)2)29-17-6-5-16-28-23-10-4-3-9-22(23)27-25(28)20-12-14-21(26)15-13-20/h3-4,7-15H,5-6,16-17H2,1-2H3. The van der Waals surface area contributed by atoms with Crippen molar-refractivity contribution in [3.05, 3.63) is 82.3 Å². The molecular formula is C25H25BrN2O. The number of hydrogen-bond donors (Lipinski definition) is 0. The zero-order valence-electron chi connectivity index (χ0n) is 16.9. The Morgan fingerprint density at radius 3 is 2.52 bits per heavy atom. The molecule has 1 aromatic heterocycles. The van der Waals surface area contributed by atoms with Crippen molar-refractivity contribution >= 4 is 27.0 Å². The minimum Gasteiger partial charge on any atom is -0.493 e. The molecule has 0 aliphatic carbocycles. The fraction of sp³-hybridized carbons (Fsp3) is 0.240. The summed E-state index contributed by atoms with van der Waals surface area (Å²) in [5.41, 5.74) is 5.85. The molecule has 0 saturated heterocycles. The summed E-state index contributed by atoms with van der Waals surface area (Å²) in [4.78, 5) is 4.90. The number of benzene rings is 3. The molecule has 0 radical (unpaired) electrons. The van der Waals surface area contributed by atoms with Crippen LogP contribution in [0.4, 0.5) is 0 Å². The first-order valence-electron chi connectivity index (χ1n) is 10.0. The Labute approximate surface area is 180 Å². The molecule has 0 aliphatic heterocycles. The summed E-state index contributed by atoms with van der Waals surface area (Å²) in [7, 11) is 0. The van der Waals surface area contributed by atoms with Crippen LogP contribution in [0.2, 0.25) is 0 Å². The van der Waals surface area contributed by atoms with Crippen molar-refractivity contribution < 1.29 is 4.74 Å². The predicted octanol–water partition coefficient (Wildman–Crippen LogP) is 6.94. The van der Waals surface area contributed by atoms with E-state index in [9.17, 15) is 0 Å². The highest BCUT2D eigenvalue weighted by atomic mass is 79.9.